The molecule has 0 saturated heterocycles. The van der Waals surface area contributed by atoms with Crippen molar-refractivity contribution in [2.45, 2.75) is 19.3 Å². The average molecular weight is 230 g/mol. The van der Waals surface area contributed by atoms with E-state index < -0.39 is 0 Å². The molecule has 0 spiro atoms. The highest BCUT2D eigenvalue weighted by molar-refractivity contribution is 6.17. The largest absolute Gasteiger partial charge is 0.326 e. The third-order valence-electron chi connectivity index (χ3n) is 1.90. The van der Waals surface area contributed by atoms with Gasteiger partial charge in [0.2, 0.25) is 5.91 Å². The van der Waals surface area contributed by atoms with Crippen LogP contribution in [0.3, 0.4) is 0 Å². The molecule has 82 valence electrons. The van der Waals surface area contributed by atoms with Gasteiger partial charge in [0, 0.05) is 18.0 Å². The first-order valence-corrected chi connectivity index (χ1v) is 5.37. The normalized spacial score (nSPS) is 10.0. The van der Waals surface area contributed by atoms with Crippen LogP contribution in [-0.2, 0) is 4.79 Å². The lowest BCUT2D eigenvalue weighted by atomic mass is 10.2. The van der Waals surface area contributed by atoms with Crippen molar-refractivity contribution in [2.75, 3.05) is 11.2 Å². The fourth-order valence-corrected chi connectivity index (χ4v) is 1.36. The second-order valence-electron chi connectivity index (χ2n) is 3.20. The number of hydrogen-bond acceptors (Lipinski definition) is 1. The van der Waals surface area contributed by atoms with Gasteiger partial charge in [-0.1, -0.05) is 6.07 Å². The molecule has 1 N–H and O–H groups in total. The Hall–Kier alpha value is -1.09. The summed E-state index contributed by atoms with van der Waals surface area (Å²) in [5.74, 6) is 0.104. The molecule has 0 heterocycles. The molecule has 0 aliphatic carbocycles. The number of carbonyl (C=O) groups is 1. The van der Waals surface area contributed by atoms with Crippen LogP contribution in [0.1, 0.15) is 19.3 Å². The van der Waals surface area contributed by atoms with Crippen LogP contribution in [-0.4, -0.2) is 11.8 Å². The minimum atomic E-state index is -0.353. The molecule has 1 amide bonds. The Balaban J connectivity index is 2.37. The number of carbonyl (C=O) groups excluding carboxylic acids is 1. The average Bonchev–Trinajstić information content (AvgIpc) is 2.18. The molecule has 0 unspecified atom stereocenters. The molecule has 0 aliphatic rings. The van der Waals surface area contributed by atoms with Gasteiger partial charge in [0.1, 0.15) is 5.82 Å². The van der Waals surface area contributed by atoms with E-state index in [0.29, 0.717) is 18.0 Å². The number of nitrogens with one attached hydrogen (secondary N) is 1. The molecule has 1 aromatic carbocycles. The first-order valence-electron chi connectivity index (χ1n) is 4.84. The van der Waals surface area contributed by atoms with E-state index in [0.717, 1.165) is 12.8 Å². The van der Waals surface area contributed by atoms with E-state index in [-0.39, 0.29) is 11.7 Å². The van der Waals surface area contributed by atoms with Gasteiger partial charge in [-0.05, 0) is 31.0 Å². The maximum atomic E-state index is 12.8. The maximum Gasteiger partial charge on any atom is 0.224 e. The lowest BCUT2D eigenvalue weighted by Gasteiger charge is -2.04. The molecule has 15 heavy (non-hydrogen) atoms. The molecule has 0 radical (unpaired) electrons. The fourth-order valence-electron chi connectivity index (χ4n) is 1.17. The van der Waals surface area contributed by atoms with Crippen molar-refractivity contribution in [1.29, 1.82) is 0 Å². The van der Waals surface area contributed by atoms with Gasteiger partial charge in [0.15, 0.2) is 0 Å². The predicted octanol–water partition coefficient (Wildman–Crippen LogP) is 3.17. The zero-order valence-corrected chi connectivity index (χ0v) is 9.06. The quantitative estimate of drug-likeness (QED) is 0.610. The number of halogens is 2. The van der Waals surface area contributed by atoms with Crippen LogP contribution >= 0.6 is 11.6 Å². The highest BCUT2D eigenvalue weighted by Crippen LogP contribution is 2.10. The van der Waals surface area contributed by atoms with Crippen molar-refractivity contribution in [2.24, 2.45) is 0 Å². The van der Waals surface area contributed by atoms with Crippen LogP contribution in [0.15, 0.2) is 24.3 Å². The van der Waals surface area contributed by atoms with E-state index in [1.54, 1.807) is 12.1 Å². The Morgan fingerprint density at radius 1 is 1.40 bits per heavy atom. The molecular weight excluding hydrogens is 217 g/mol. The Morgan fingerprint density at radius 2 is 2.20 bits per heavy atom. The molecule has 0 saturated carbocycles. The molecule has 0 bridgehead atoms. The van der Waals surface area contributed by atoms with Crippen LogP contribution < -0.4 is 5.32 Å². The summed E-state index contributed by atoms with van der Waals surface area (Å²) in [6.07, 6.45) is 1.99. The summed E-state index contributed by atoms with van der Waals surface area (Å²) in [7, 11) is 0. The monoisotopic (exact) mass is 229 g/mol. The Bertz CT molecular complexity index is 330. The van der Waals surface area contributed by atoms with Gasteiger partial charge >= 0.3 is 0 Å². The lowest BCUT2D eigenvalue weighted by molar-refractivity contribution is -0.116. The summed E-state index contributed by atoms with van der Waals surface area (Å²) < 4.78 is 12.8. The molecule has 4 heteroatoms. The molecule has 0 aromatic heterocycles. The summed E-state index contributed by atoms with van der Waals surface area (Å²) >= 11 is 5.48. The number of benzene rings is 1. The zero-order valence-electron chi connectivity index (χ0n) is 8.30. The summed E-state index contributed by atoms with van der Waals surface area (Å²) in [6, 6.07) is 5.84. The Morgan fingerprint density at radius 3 is 2.87 bits per heavy atom. The molecule has 1 aromatic rings. The topological polar surface area (TPSA) is 29.1 Å². The smallest absolute Gasteiger partial charge is 0.224 e. The van der Waals surface area contributed by atoms with Gasteiger partial charge in [-0.3, -0.25) is 4.79 Å². The number of unbranched alkanes of at least 4 members (excludes halogenated alkanes) is 1. The lowest BCUT2D eigenvalue weighted by Crippen LogP contribution is -2.11. The van der Waals surface area contributed by atoms with Gasteiger partial charge in [-0.15, -0.1) is 11.6 Å². The first kappa shape index (κ1) is 12.0. The highest BCUT2D eigenvalue weighted by Gasteiger charge is 2.02. The van der Waals surface area contributed by atoms with E-state index >= 15 is 0 Å². The predicted molar refractivity (Wildman–Crippen MR) is 59.6 cm³/mol. The van der Waals surface area contributed by atoms with Crippen LogP contribution in [0.4, 0.5) is 10.1 Å². The number of hydrogen-bond donors (Lipinski definition) is 1. The highest BCUT2D eigenvalue weighted by atomic mass is 35.5. The van der Waals surface area contributed by atoms with E-state index in [1.807, 2.05) is 0 Å². The summed E-state index contributed by atoms with van der Waals surface area (Å²) in [5.41, 5.74) is 0.492. The van der Waals surface area contributed by atoms with Gasteiger partial charge < -0.3 is 5.32 Å². The molecule has 1 rings (SSSR count). The van der Waals surface area contributed by atoms with Crippen molar-refractivity contribution >= 4 is 23.2 Å². The standard InChI is InChI=1S/C11H13ClFNO/c12-7-2-1-6-11(15)14-10-5-3-4-9(13)8-10/h3-5,8H,1-2,6-7H2,(H,14,15). The molecule has 0 aliphatic heterocycles. The van der Waals surface area contributed by atoms with Crippen molar-refractivity contribution in [1.82, 2.24) is 0 Å². The number of anilines is 1. The number of amides is 1. The summed E-state index contributed by atoms with van der Waals surface area (Å²) in [4.78, 5) is 11.3. The van der Waals surface area contributed by atoms with Gasteiger partial charge in [-0.2, -0.15) is 0 Å². The van der Waals surface area contributed by atoms with E-state index in [9.17, 15) is 9.18 Å². The second kappa shape index (κ2) is 6.40. The van der Waals surface area contributed by atoms with Gasteiger partial charge in [0.05, 0.1) is 0 Å². The van der Waals surface area contributed by atoms with Gasteiger partial charge in [-0.25, -0.2) is 4.39 Å². The molecule has 0 atom stereocenters. The minimum Gasteiger partial charge on any atom is -0.326 e. The van der Waals surface area contributed by atoms with Crippen LogP contribution in [0, 0.1) is 5.82 Å². The van der Waals surface area contributed by atoms with Crippen LogP contribution in [0.5, 0.6) is 0 Å². The summed E-state index contributed by atoms with van der Waals surface area (Å²) in [6.45, 7) is 0. The third-order valence-corrected chi connectivity index (χ3v) is 2.16. The Labute approximate surface area is 93.4 Å². The van der Waals surface area contributed by atoms with E-state index in [1.165, 1.54) is 12.1 Å². The van der Waals surface area contributed by atoms with Gasteiger partial charge in [0.25, 0.3) is 0 Å². The SMILES string of the molecule is O=C(CCCCCl)Nc1cccc(F)c1. The van der Waals surface area contributed by atoms with Crippen LogP contribution in [0.25, 0.3) is 0 Å². The molecular formula is C11H13ClFNO. The van der Waals surface area contributed by atoms with Crippen molar-refractivity contribution in [3.05, 3.63) is 30.1 Å². The van der Waals surface area contributed by atoms with Crippen molar-refractivity contribution in [3.8, 4) is 0 Å². The van der Waals surface area contributed by atoms with E-state index in [2.05, 4.69) is 5.32 Å². The molecule has 2 nitrogen and oxygen atoms in total. The minimum absolute atomic E-state index is 0.106. The second-order valence-corrected chi connectivity index (χ2v) is 3.58. The van der Waals surface area contributed by atoms with E-state index in [4.69, 9.17) is 11.6 Å². The molecule has 0 fully saturated rings. The number of rotatable bonds is 5. The maximum absolute atomic E-state index is 12.8. The number of alkyl halides is 1. The van der Waals surface area contributed by atoms with Crippen LogP contribution in [0.2, 0.25) is 0 Å². The Kier molecular flexibility index (Phi) is 5.12. The first-order chi connectivity index (χ1) is 7.22. The fraction of sp³-hybridized carbons (Fsp3) is 0.364. The van der Waals surface area contributed by atoms with Crippen molar-refractivity contribution < 1.29 is 9.18 Å². The summed E-state index contributed by atoms with van der Waals surface area (Å²) in [5, 5.41) is 2.62. The van der Waals surface area contributed by atoms with Crippen molar-refractivity contribution in [3.63, 3.8) is 0 Å². The zero-order chi connectivity index (χ0) is 11.1. The third kappa shape index (κ3) is 4.79.